The summed E-state index contributed by atoms with van der Waals surface area (Å²) in [6, 6.07) is 3.46. The molecule has 12 heteroatoms. The van der Waals surface area contributed by atoms with E-state index in [-0.39, 0.29) is 39.6 Å². The van der Waals surface area contributed by atoms with Crippen molar-refractivity contribution in [3.05, 3.63) is 40.5 Å². The van der Waals surface area contributed by atoms with Crippen molar-refractivity contribution in [3.63, 3.8) is 0 Å². The van der Waals surface area contributed by atoms with Gasteiger partial charge in [-0.15, -0.1) is 21.5 Å². The lowest BCUT2D eigenvalue weighted by molar-refractivity contribution is -0.113. The van der Waals surface area contributed by atoms with Crippen LogP contribution in [-0.4, -0.2) is 52.0 Å². The van der Waals surface area contributed by atoms with Crippen LogP contribution in [0.5, 0.6) is 0 Å². The molecule has 0 fully saturated rings. The molecule has 32 heavy (non-hydrogen) atoms. The molecule has 0 bridgehead atoms. The van der Waals surface area contributed by atoms with Crippen LogP contribution < -0.4 is 5.32 Å². The molecule has 0 aliphatic rings. The fraction of sp³-hybridized carbons (Fsp3) is 0.300. The molecule has 3 aromatic heterocycles. The quantitative estimate of drug-likeness (QED) is 0.361. The highest BCUT2D eigenvalue weighted by Gasteiger charge is 2.27. The Morgan fingerprint density at radius 2 is 1.78 bits per heavy atom. The van der Waals surface area contributed by atoms with E-state index >= 15 is 0 Å². The zero-order valence-electron chi connectivity index (χ0n) is 17.5. The van der Waals surface area contributed by atoms with Crippen LogP contribution in [0.3, 0.4) is 0 Å². The van der Waals surface area contributed by atoms with Gasteiger partial charge in [0, 0.05) is 18.0 Å². The van der Waals surface area contributed by atoms with Gasteiger partial charge < -0.3 is 19.2 Å². The average molecular weight is 477 g/mol. The summed E-state index contributed by atoms with van der Waals surface area (Å²) >= 11 is 2.01. The maximum absolute atomic E-state index is 12.5. The van der Waals surface area contributed by atoms with Gasteiger partial charge in [0.05, 0.1) is 24.5 Å². The van der Waals surface area contributed by atoms with Crippen LogP contribution in [0.15, 0.2) is 34.2 Å². The van der Waals surface area contributed by atoms with Gasteiger partial charge in [-0.2, -0.15) is 0 Å². The Morgan fingerprint density at radius 1 is 1.09 bits per heavy atom. The number of amides is 1. The van der Waals surface area contributed by atoms with Crippen LogP contribution in [0.2, 0.25) is 0 Å². The van der Waals surface area contributed by atoms with E-state index in [1.165, 1.54) is 0 Å². The highest BCUT2D eigenvalue weighted by molar-refractivity contribution is 7.99. The van der Waals surface area contributed by atoms with Crippen LogP contribution in [0.4, 0.5) is 5.00 Å². The first-order chi connectivity index (χ1) is 15.4. The van der Waals surface area contributed by atoms with Gasteiger partial charge in [0.15, 0.2) is 0 Å². The lowest BCUT2D eigenvalue weighted by Gasteiger charge is -2.06. The molecule has 0 aliphatic carbocycles. The van der Waals surface area contributed by atoms with Crippen molar-refractivity contribution < 1.29 is 28.3 Å². The summed E-state index contributed by atoms with van der Waals surface area (Å²) in [5.74, 6) is -1.34. The van der Waals surface area contributed by atoms with Crippen molar-refractivity contribution >= 4 is 45.9 Å². The predicted octanol–water partition coefficient (Wildman–Crippen LogP) is 3.59. The van der Waals surface area contributed by atoms with E-state index in [0.29, 0.717) is 17.0 Å². The first-order valence-corrected chi connectivity index (χ1v) is 11.4. The first kappa shape index (κ1) is 23.4. The zero-order valence-corrected chi connectivity index (χ0v) is 19.2. The minimum absolute atomic E-state index is 0.0497. The number of anilines is 1. The standard InChI is InChI=1S/C20H20N4O6S2/c1-4-28-18(26)14-11(3)15(19(27)29-5-2)32-17(14)22-13(25)10-31-20-24-23-16(30-20)12-6-8-21-9-7-12/h6-9H,4-5,10H2,1-3H3,(H,22,25). The van der Waals surface area contributed by atoms with Crippen LogP contribution in [0, 0.1) is 6.92 Å². The molecule has 1 amide bonds. The Morgan fingerprint density at radius 3 is 2.47 bits per heavy atom. The lowest BCUT2D eigenvalue weighted by atomic mass is 10.1. The van der Waals surface area contributed by atoms with Gasteiger partial charge in [0.1, 0.15) is 9.88 Å². The molecular weight excluding hydrogens is 456 g/mol. The molecule has 0 aromatic carbocycles. The smallest absolute Gasteiger partial charge is 0.348 e. The summed E-state index contributed by atoms with van der Waals surface area (Å²) in [5, 5.41) is 11.0. The Bertz CT molecular complexity index is 1110. The molecule has 3 rings (SSSR count). The molecule has 10 nitrogen and oxygen atoms in total. The van der Waals surface area contributed by atoms with Gasteiger partial charge in [-0.05, 0) is 38.5 Å². The van der Waals surface area contributed by atoms with E-state index in [0.717, 1.165) is 23.1 Å². The second kappa shape index (κ2) is 10.9. The molecule has 0 spiro atoms. The minimum Gasteiger partial charge on any atom is -0.462 e. The number of nitrogens with zero attached hydrogens (tertiary/aromatic N) is 3. The molecule has 0 saturated carbocycles. The van der Waals surface area contributed by atoms with Gasteiger partial charge in [-0.3, -0.25) is 9.78 Å². The normalized spacial score (nSPS) is 10.6. The first-order valence-electron chi connectivity index (χ1n) is 9.58. The number of carbonyl (C=O) groups excluding carboxylic acids is 3. The summed E-state index contributed by atoms with van der Waals surface area (Å²) in [5.41, 5.74) is 1.24. The Kier molecular flexibility index (Phi) is 7.95. The second-order valence-corrected chi connectivity index (χ2v) is 8.09. The molecule has 0 saturated heterocycles. The second-order valence-electron chi connectivity index (χ2n) is 6.15. The van der Waals surface area contributed by atoms with Gasteiger partial charge in [0.25, 0.3) is 5.22 Å². The summed E-state index contributed by atoms with van der Waals surface area (Å²) in [4.78, 5) is 41.3. The highest BCUT2D eigenvalue weighted by atomic mass is 32.2. The number of thiophene rings is 1. The minimum atomic E-state index is -0.626. The summed E-state index contributed by atoms with van der Waals surface area (Å²) < 4.78 is 15.7. The third kappa shape index (κ3) is 5.51. The monoisotopic (exact) mass is 476 g/mol. The van der Waals surface area contributed by atoms with Crippen molar-refractivity contribution in [1.82, 2.24) is 15.2 Å². The molecule has 0 aliphatic heterocycles. The van der Waals surface area contributed by atoms with Crippen molar-refractivity contribution in [2.75, 3.05) is 24.3 Å². The molecule has 3 heterocycles. The van der Waals surface area contributed by atoms with Crippen molar-refractivity contribution in [2.45, 2.75) is 26.0 Å². The Balaban J connectivity index is 1.71. The number of aromatic nitrogens is 3. The van der Waals surface area contributed by atoms with E-state index < -0.39 is 17.8 Å². The number of ether oxygens (including phenoxy) is 2. The molecule has 1 N–H and O–H groups in total. The van der Waals surface area contributed by atoms with Gasteiger partial charge >= 0.3 is 11.9 Å². The van der Waals surface area contributed by atoms with Crippen molar-refractivity contribution in [1.29, 1.82) is 0 Å². The molecule has 168 valence electrons. The van der Waals surface area contributed by atoms with Gasteiger partial charge in [0.2, 0.25) is 11.8 Å². The number of carbonyl (C=O) groups is 3. The number of esters is 2. The van der Waals surface area contributed by atoms with E-state index in [1.807, 2.05) is 0 Å². The molecule has 0 unspecified atom stereocenters. The zero-order chi connectivity index (χ0) is 23.1. The Hall–Kier alpha value is -3.25. The number of hydrogen-bond acceptors (Lipinski definition) is 11. The van der Waals surface area contributed by atoms with E-state index in [2.05, 4.69) is 20.5 Å². The third-order valence-corrected chi connectivity index (χ3v) is 6.01. The molecule has 3 aromatic rings. The summed E-state index contributed by atoms with van der Waals surface area (Å²) in [6.45, 7) is 5.31. The van der Waals surface area contributed by atoms with Gasteiger partial charge in [-0.25, -0.2) is 9.59 Å². The predicted molar refractivity (Wildman–Crippen MR) is 118 cm³/mol. The van der Waals surface area contributed by atoms with E-state index in [1.54, 1.807) is 45.3 Å². The number of nitrogens with one attached hydrogen (secondary N) is 1. The highest BCUT2D eigenvalue weighted by Crippen LogP contribution is 2.34. The maximum atomic E-state index is 12.5. The van der Waals surface area contributed by atoms with E-state index in [4.69, 9.17) is 13.9 Å². The maximum Gasteiger partial charge on any atom is 0.348 e. The molecule has 0 atom stereocenters. The molecule has 0 radical (unpaired) electrons. The number of pyridine rings is 1. The SMILES string of the molecule is CCOC(=O)c1sc(NC(=O)CSc2nnc(-c3ccncc3)o2)c(C(=O)OCC)c1C. The van der Waals surface area contributed by atoms with Crippen molar-refractivity contribution in [2.24, 2.45) is 0 Å². The third-order valence-electron chi connectivity index (χ3n) is 4.00. The number of rotatable bonds is 9. The van der Waals surface area contributed by atoms with Crippen LogP contribution >= 0.6 is 23.1 Å². The van der Waals surface area contributed by atoms with Crippen LogP contribution in [-0.2, 0) is 14.3 Å². The topological polar surface area (TPSA) is 134 Å². The Labute approximate surface area is 191 Å². The fourth-order valence-electron chi connectivity index (χ4n) is 2.61. The number of thioether (sulfide) groups is 1. The van der Waals surface area contributed by atoms with Crippen molar-refractivity contribution in [3.8, 4) is 11.5 Å². The summed E-state index contributed by atoms with van der Waals surface area (Å²) in [6.07, 6.45) is 3.21. The average Bonchev–Trinajstić information content (AvgIpc) is 3.38. The lowest BCUT2D eigenvalue weighted by Crippen LogP contribution is -2.16. The number of hydrogen-bond donors (Lipinski definition) is 1. The largest absolute Gasteiger partial charge is 0.462 e. The van der Waals surface area contributed by atoms with Crippen LogP contribution in [0.25, 0.3) is 11.5 Å². The van der Waals surface area contributed by atoms with Crippen LogP contribution in [0.1, 0.15) is 39.4 Å². The van der Waals surface area contributed by atoms with E-state index in [9.17, 15) is 14.4 Å². The van der Waals surface area contributed by atoms with Gasteiger partial charge in [-0.1, -0.05) is 11.8 Å². The fourth-order valence-corrected chi connectivity index (χ4v) is 4.28. The summed E-state index contributed by atoms with van der Waals surface area (Å²) in [7, 11) is 0. The molecular formula is C20H20N4O6S2.